The third-order valence-electron chi connectivity index (χ3n) is 2.72. The lowest BCUT2D eigenvalue weighted by atomic mass is 9.92. The number of aliphatic hydroxyl groups excluding tert-OH is 1. The fourth-order valence-corrected chi connectivity index (χ4v) is 1.97. The molecule has 0 spiro atoms. The van der Waals surface area contributed by atoms with Gasteiger partial charge in [-0.05, 0) is 40.9 Å². The van der Waals surface area contributed by atoms with Gasteiger partial charge in [0.15, 0.2) is 0 Å². The molecule has 1 aromatic carbocycles. The molecule has 1 nitrogen and oxygen atoms in total. The maximum Gasteiger partial charge on any atom is 0.278 e. The second kappa shape index (κ2) is 5.87. The van der Waals surface area contributed by atoms with Crippen LogP contribution in [0.4, 0.5) is 13.2 Å². The molecule has 1 aromatic rings. The smallest absolute Gasteiger partial charge is 0.278 e. The van der Waals surface area contributed by atoms with E-state index in [1.54, 1.807) is 0 Å². The molecule has 5 heteroatoms. The Morgan fingerprint density at radius 3 is 2.65 bits per heavy atom. The third kappa shape index (κ3) is 3.22. The van der Waals surface area contributed by atoms with Crippen LogP contribution in [-0.4, -0.2) is 11.7 Å². The summed E-state index contributed by atoms with van der Waals surface area (Å²) in [6.45, 7) is 1.22. The summed E-state index contributed by atoms with van der Waals surface area (Å²) in [7, 11) is 0. The first kappa shape index (κ1) is 14.5. The van der Waals surface area contributed by atoms with Crippen molar-refractivity contribution < 1.29 is 18.3 Å². The largest absolute Gasteiger partial charge is 0.396 e. The molecule has 0 unspecified atom stereocenters. The van der Waals surface area contributed by atoms with Gasteiger partial charge < -0.3 is 5.11 Å². The zero-order valence-corrected chi connectivity index (χ0v) is 11.0. The highest BCUT2D eigenvalue weighted by Crippen LogP contribution is 2.40. The summed E-state index contributed by atoms with van der Waals surface area (Å²) in [5.41, 5.74) is -0.600. The van der Waals surface area contributed by atoms with Crippen LogP contribution in [0.1, 0.15) is 25.3 Å². The van der Waals surface area contributed by atoms with E-state index in [0.29, 0.717) is 0 Å². The van der Waals surface area contributed by atoms with E-state index < -0.39 is 23.2 Å². The van der Waals surface area contributed by atoms with E-state index in [2.05, 4.69) is 15.9 Å². The Morgan fingerprint density at radius 1 is 1.41 bits per heavy atom. The summed E-state index contributed by atoms with van der Waals surface area (Å²) in [5, 5.41) is 8.62. The molecule has 0 saturated heterocycles. The molecule has 0 saturated carbocycles. The Kier molecular flexibility index (Phi) is 5.01. The van der Waals surface area contributed by atoms with Crippen LogP contribution in [-0.2, 0) is 5.92 Å². The van der Waals surface area contributed by atoms with Crippen molar-refractivity contribution in [2.24, 2.45) is 5.92 Å². The second-order valence-corrected chi connectivity index (χ2v) is 4.85. The Morgan fingerprint density at radius 2 is 2.06 bits per heavy atom. The van der Waals surface area contributed by atoms with Gasteiger partial charge in [0, 0.05) is 12.5 Å². The normalized spacial score (nSPS) is 13.8. The average molecular weight is 311 g/mol. The van der Waals surface area contributed by atoms with E-state index in [4.69, 9.17) is 5.11 Å². The van der Waals surface area contributed by atoms with Crippen molar-refractivity contribution in [2.75, 3.05) is 6.61 Å². The van der Waals surface area contributed by atoms with Gasteiger partial charge in [-0.15, -0.1) is 0 Å². The van der Waals surface area contributed by atoms with Crippen molar-refractivity contribution in [3.05, 3.63) is 34.1 Å². The first-order valence-corrected chi connectivity index (χ1v) is 6.13. The highest BCUT2D eigenvalue weighted by atomic mass is 79.9. The number of aliphatic hydroxyl groups is 1. The molecule has 0 aromatic heterocycles. The van der Waals surface area contributed by atoms with Crippen LogP contribution in [0.15, 0.2) is 22.7 Å². The Labute approximate surface area is 107 Å². The minimum atomic E-state index is -3.23. The number of benzene rings is 1. The highest BCUT2D eigenvalue weighted by molar-refractivity contribution is 9.10. The summed E-state index contributed by atoms with van der Waals surface area (Å²) < 4.78 is 41.6. The molecule has 0 aliphatic carbocycles. The summed E-state index contributed by atoms with van der Waals surface area (Å²) in [6.07, 6.45) is 0.432. The van der Waals surface area contributed by atoms with E-state index in [1.165, 1.54) is 19.1 Å². The van der Waals surface area contributed by atoms with Gasteiger partial charge in [0.25, 0.3) is 5.92 Å². The van der Waals surface area contributed by atoms with Gasteiger partial charge in [0.05, 0.1) is 10.0 Å². The number of halogens is 4. The Balaban J connectivity index is 2.99. The molecule has 0 radical (unpaired) electrons. The van der Waals surface area contributed by atoms with Crippen LogP contribution >= 0.6 is 15.9 Å². The van der Waals surface area contributed by atoms with Crippen molar-refractivity contribution in [1.29, 1.82) is 0 Å². The minimum Gasteiger partial charge on any atom is -0.396 e. The number of rotatable bonds is 5. The lowest BCUT2D eigenvalue weighted by Gasteiger charge is -2.24. The Hall–Kier alpha value is -0.550. The number of alkyl halides is 2. The van der Waals surface area contributed by atoms with Gasteiger partial charge in [-0.1, -0.05) is 13.0 Å². The summed E-state index contributed by atoms with van der Waals surface area (Å²) in [6, 6.07) is 3.86. The van der Waals surface area contributed by atoms with Gasteiger partial charge in [0.2, 0.25) is 0 Å². The predicted molar refractivity (Wildman–Crippen MR) is 63.5 cm³/mol. The summed E-state index contributed by atoms with van der Waals surface area (Å²) in [5.74, 6) is -5.17. The molecule has 1 atom stereocenters. The van der Waals surface area contributed by atoms with Crippen LogP contribution in [0.25, 0.3) is 0 Å². The van der Waals surface area contributed by atoms with Gasteiger partial charge in [0.1, 0.15) is 5.82 Å². The standard InChI is InChI=1S/C12H14BrF3O/c1-8(4-3-7-17)12(15,16)9-5-2-6-10(13)11(9)14/h2,5-6,8,17H,3-4,7H2,1H3/t8-/m1/s1. The number of hydrogen-bond acceptors (Lipinski definition) is 1. The SMILES string of the molecule is C[C@H](CCCO)C(F)(F)c1cccc(Br)c1F. The molecule has 0 heterocycles. The first-order chi connectivity index (χ1) is 7.91. The third-order valence-corrected chi connectivity index (χ3v) is 3.34. The fourth-order valence-electron chi connectivity index (χ4n) is 1.61. The molecular weight excluding hydrogens is 297 g/mol. The van der Waals surface area contributed by atoms with Gasteiger partial charge in [-0.2, -0.15) is 0 Å². The van der Waals surface area contributed by atoms with Gasteiger partial charge in [-0.3, -0.25) is 0 Å². The van der Waals surface area contributed by atoms with Crippen LogP contribution in [0.5, 0.6) is 0 Å². The molecule has 96 valence electrons. The first-order valence-electron chi connectivity index (χ1n) is 5.34. The van der Waals surface area contributed by atoms with E-state index in [-0.39, 0.29) is 23.9 Å². The van der Waals surface area contributed by atoms with Crippen LogP contribution < -0.4 is 0 Å². The quantitative estimate of drug-likeness (QED) is 0.868. The molecule has 1 N–H and O–H groups in total. The Bertz CT molecular complexity index is 382. The highest BCUT2D eigenvalue weighted by Gasteiger charge is 2.40. The van der Waals surface area contributed by atoms with Crippen molar-refractivity contribution in [2.45, 2.75) is 25.7 Å². The van der Waals surface area contributed by atoms with Crippen molar-refractivity contribution in [3.8, 4) is 0 Å². The van der Waals surface area contributed by atoms with Gasteiger partial charge >= 0.3 is 0 Å². The van der Waals surface area contributed by atoms with E-state index >= 15 is 0 Å². The lowest BCUT2D eigenvalue weighted by molar-refractivity contribution is -0.0655. The van der Waals surface area contributed by atoms with Crippen LogP contribution in [0.2, 0.25) is 0 Å². The molecule has 0 fully saturated rings. The zero-order chi connectivity index (χ0) is 13.1. The van der Waals surface area contributed by atoms with Crippen molar-refractivity contribution >= 4 is 15.9 Å². The monoisotopic (exact) mass is 310 g/mol. The maximum absolute atomic E-state index is 14.0. The topological polar surface area (TPSA) is 20.2 Å². The molecule has 0 aliphatic rings. The zero-order valence-electron chi connectivity index (χ0n) is 9.39. The van der Waals surface area contributed by atoms with Crippen molar-refractivity contribution in [3.63, 3.8) is 0 Å². The van der Waals surface area contributed by atoms with E-state index in [0.717, 1.165) is 6.07 Å². The summed E-state index contributed by atoms with van der Waals surface area (Å²) in [4.78, 5) is 0. The fraction of sp³-hybridized carbons (Fsp3) is 0.500. The number of hydrogen-bond donors (Lipinski definition) is 1. The summed E-state index contributed by atoms with van der Waals surface area (Å²) >= 11 is 2.89. The minimum absolute atomic E-state index is 0.0315. The molecule has 0 aliphatic heterocycles. The molecule has 17 heavy (non-hydrogen) atoms. The lowest BCUT2D eigenvalue weighted by Crippen LogP contribution is -2.25. The predicted octanol–water partition coefficient (Wildman–Crippen LogP) is 4.09. The molecule has 0 bridgehead atoms. The second-order valence-electron chi connectivity index (χ2n) is 3.99. The van der Waals surface area contributed by atoms with Gasteiger partial charge in [-0.25, -0.2) is 13.2 Å². The maximum atomic E-state index is 14.0. The molecular formula is C12H14BrF3O. The van der Waals surface area contributed by atoms with Crippen molar-refractivity contribution in [1.82, 2.24) is 0 Å². The average Bonchev–Trinajstić information content (AvgIpc) is 2.29. The van der Waals surface area contributed by atoms with E-state index in [9.17, 15) is 13.2 Å². The van der Waals surface area contributed by atoms with Crippen LogP contribution in [0, 0.1) is 11.7 Å². The van der Waals surface area contributed by atoms with Crippen LogP contribution in [0.3, 0.4) is 0 Å². The molecule has 0 amide bonds. The molecule has 1 rings (SSSR count). The van der Waals surface area contributed by atoms with E-state index in [1.807, 2.05) is 0 Å².